The van der Waals surface area contributed by atoms with Crippen LogP contribution in [0.2, 0.25) is 0 Å². The Kier molecular flexibility index (Phi) is 4.07. The summed E-state index contributed by atoms with van der Waals surface area (Å²) in [7, 11) is -3.90. The molecular formula is C19H17FN4O2S. The predicted octanol–water partition coefficient (Wildman–Crippen LogP) is 3.85. The highest BCUT2D eigenvalue weighted by atomic mass is 32.2. The molecule has 0 saturated heterocycles. The maximum atomic E-state index is 13.1. The molecular weight excluding hydrogens is 367 g/mol. The number of hydrogen-bond acceptors (Lipinski definition) is 4. The van der Waals surface area contributed by atoms with Crippen molar-refractivity contribution in [3.8, 4) is 0 Å². The first-order chi connectivity index (χ1) is 12.9. The number of aryl methyl sites for hydroxylation is 2. The maximum Gasteiger partial charge on any atom is 0.263 e. The topological polar surface area (TPSA) is 76.9 Å². The molecule has 8 heteroatoms. The minimum Gasteiger partial charge on any atom is -0.261 e. The van der Waals surface area contributed by atoms with Gasteiger partial charge < -0.3 is 0 Å². The third kappa shape index (κ3) is 3.12. The van der Waals surface area contributed by atoms with Crippen LogP contribution in [0.15, 0.2) is 53.4 Å². The summed E-state index contributed by atoms with van der Waals surface area (Å²) in [6.07, 6.45) is 0. The molecule has 2 aromatic heterocycles. The minimum atomic E-state index is -3.90. The lowest BCUT2D eigenvalue weighted by Gasteiger charge is -2.06. The molecule has 0 aliphatic heterocycles. The van der Waals surface area contributed by atoms with Crippen LogP contribution in [0.4, 0.5) is 10.2 Å². The molecule has 0 unspecified atom stereocenters. The smallest absolute Gasteiger partial charge is 0.261 e. The van der Waals surface area contributed by atoms with Crippen LogP contribution >= 0.6 is 0 Å². The van der Waals surface area contributed by atoms with Gasteiger partial charge in [0.25, 0.3) is 10.0 Å². The molecule has 27 heavy (non-hydrogen) atoms. The van der Waals surface area contributed by atoms with Crippen molar-refractivity contribution in [3.63, 3.8) is 0 Å². The van der Waals surface area contributed by atoms with Crippen LogP contribution in [-0.2, 0) is 16.6 Å². The second-order valence-corrected chi connectivity index (χ2v) is 7.96. The molecule has 0 atom stereocenters. The Balaban J connectivity index is 1.86. The molecule has 2 heterocycles. The first kappa shape index (κ1) is 17.4. The van der Waals surface area contributed by atoms with Crippen LogP contribution in [0.3, 0.4) is 0 Å². The van der Waals surface area contributed by atoms with Gasteiger partial charge >= 0.3 is 0 Å². The monoisotopic (exact) mass is 384 g/mol. The Labute approximate surface area is 155 Å². The molecule has 2 aromatic carbocycles. The first-order valence-electron chi connectivity index (χ1n) is 8.44. The van der Waals surface area contributed by atoms with Crippen molar-refractivity contribution in [1.82, 2.24) is 14.8 Å². The number of benzene rings is 2. The van der Waals surface area contributed by atoms with Crippen molar-refractivity contribution < 1.29 is 12.8 Å². The molecule has 0 saturated carbocycles. The van der Waals surface area contributed by atoms with Gasteiger partial charge in [-0.1, -0.05) is 11.6 Å². The van der Waals surface area contributed by atoms with Crippen molar-refractivity contribution >= 4 is 37.8 Å². The number of aromatic nitrogens is 3. The zero-order valence-electron chi connectivity index (χ0n) is 14.8. The van der Waals surface area contributed by atoms with E-state index < -0.39 is 15.8 Å². The molecule has 0 aliphatic rings. The summed E-state index contributed by atoms with van der Waals surface area (Å²) >= 11 is 0. The molecule has 0 bridgehead atoms. The second kappa shape index (κ2) is 6.31. The molecule has 0 spiro atoms. The van der Waals surface area contributed by atoms with E-state index in [0.717, 1.165) is 28.6 Å². The van der Waals surface area contributed by atoms with E-state index in [1.54, 1.807) is 4.68 Å². The maximum absolute atomic E-state index is 13.1. The lowest BCUT2D eigenvalue weighted by Crippen LogP contribution is -2.13. The summed E-state index contributed by atoms with van der Waals surface area (Å²) in [6.45, 7) is 4.43. The number of pyridine rings is 1. The average Bonchev–Trinajstić information content (AvgIpc) is 2.96. The number of anilines is 1. The van der Waals surface area contributed by atoms with Crippen molar-refractivity contribution in [2.75, 3.05) is 4.72 Å². The Morgan fingerprint density at radius 2 is 1.85 bits per heavy atom. The Hall–Kier alpha value is -3.00. The zero-order chi connectivity index (χ0) is 19.2. The zero-order valence-corrected chi connectivity index (χ0v) is 15.6. The molecule has 1 N–H and O–H groups in total. The summed E-state index contributed by atoms with van der Waals surface area (Å²) < 4.78 is 42.6. The van der Waals surface area contributed by atoms with Crippen LogP contribution in [-0.4, -0.2) is 23.2 Å². The molecule has 6 nitrogen and oxygen atoms in total. The van der Waals surface area contributed by atoms with E-state index in [2.05, 4.69) is 14.8 Å². The van der Waals surface area contributed by atoms with E-state index >= 15 is 0 Å². The largest absolute Gasteiger partial charge is 0.263 e. The van der Waals surface area contributed by atoms with E-state index in [-0.39, 0.29) is 10.7 Å². The van der Waals surface area contributed by atoms with Crippen LogP contribution < -0.4 is 4.72 Å². The van der Waals surface area contributed by atoms with Crippen molar-refractivity contribution in [1.29, 1.82) is 0 Å². The highest BCUT2D eigenvalue weighted by Gasteiger charge is 2.20. The fourth-order valence-corrected chi connectivity index (χ4v) is 3.99. The Morgan fingerprint density at radius 3 is 2.56 bits per heavy atom. The van der Waals surface area contributed by atoms with E-state index in [1.807, 2.05) is 38.1 Å². The number of nitrogens with zero attached hydrogens (tertiary/aromatic N) is 3. The number of halogens is 1. The lowest BCUT2D eigenvalue weighted by atomic mass is 10.1. The van der Waals surface area contributed by atoms with Gasteiger partial charge in [-0.25, -0.2) is 22.5 Å². The summed E-state index contributed by atoms with van der Waals surface area (Å²) in [4.78, 5) is 4.61. The van der Waals surface area contributed by atoms with Crippen LogP contribution in [0.1, 0.15) is 12.5 Å². The van der Waals surface area contributed by atoms with Crippen LogP contribution in [0, 0.1) is 12.7 Å². The van der Waals surface area contributed by atoms with Crippen molar-refractivity contribution in [3.05, 3.63) is 59.9 Å². The summed E-state index contributed by atoms with van der Waals surface area (Å²) in [5, 5.41) is 5.89. The van der Waals surface area contributed by atoms with Gasteiger partial charge in [0, 0.05) is 11.9 Å². The van der Waals surface area contributed by atoms with Gasteiger partial charge in [0.05, 0.1) is 15.8 Å². The first-order valence-corrected chi connectivity index (χ1v) is 9.92. The van der Waals surface area contributed by atoms with Gasteiger partial charge in [-0.2, -0.15) is 5.10 Å². The standard InChI is InChI=1S/C19H17FN4O2S/c1-3-24-19-16(11-13-10-12(2)4-9-17(13)21-19)18(22-24)23-27(25,26)15-7-5-14(20)6-8-15/h4-11H,3H2,1-2H3,(H,22,23). The average molecular weight is 384 g/mol. The SMILES string of the molecule is CCn1nc(NS(=O)(=O)c2ccc(F)cc2)c2cc3cc(C)ccc3nc21. The van der Waals surface area contributed by atoms with Gasteiger partial charge in [0.15, 0.2) is 11.5 Å². The van der Waals surface area contributed by atoms with Crippen LogP contribution in [0.25, 0.3) is 21.9 Å². The molecule has 138 valence electrons. The quantitative estimate of drug-likeness (QED) is 0.580. The number of sulfonamides is 1. The molecule has 0 radical (unpaired) electrons. The fraction of sp³-hybridized carbons (Fsp3) is 0.158. The van der Waals surface area contributed by atoms with E-state index in [0.29, 0.717) is 17.6 Å². The number of hydrogen-bond donors (Lipinski definition) is 1. The number of rotatable bonds is 4. The van der Waals surface area contributed by atoms with E-state index in [1.165, 1.54) is 12.1 Å². The third-order valence-electron chi connectivity index (χ3n) is 4.32. The fourth-order valence-electron chi connectivity index (χ4n) is 2.97. The van der Waals surface area contributed by atoms with Gasteiger partial charge in [-0.05, 0) is 56.3 Å². The predicted molar refractivity (Wildman–Crippen MR) is 103 cm³/mol. The van der Waals surface area contributed by atoms with Crippen molar-refractivity contribution in [2.45, 2.75) is 25.3 Å². The van der Waals surface area contributed by atoms with E-state index in [4.69, 9.17) is 0 Å². The Bertz CT molecular complexity index is 1260. The Morgan fingerprint density at radius 1 is 1.11 bits per heavy atom. The summed E-state index contributed by atoms with van der Waals surface area (Å²) in [6, 6.07) is 12.4. The van der Waals surface area contributed by atoms with E-state index in [9.17, 15) is 12.8 Å². The van der Waals surface area contributed by atoms with Gasteiger partial charge in [0.1, 0.15) is 5.82 Å². The second-order valence-electron chi connectivity index (χ2n) is 6.28. The van der Waals surface area contributed by atoms with Crippen LogP contribution in [0.5, 0.6) is 0 Å². The van der Waals surface area contributed by atoms with Gasteiger partial charge in [0.2, 0.25) is 0 Å². The molecule has 0 amide bonds. The van der Waals surface area contributed by atoms with Gasteiger partial charge in [-0.15, -0.1) is 0 Å². The molecule has 4 rings (SSSR count). The molecule has 4 aromatic rings. The minimum absolute atomic E-state index is 0.0345. The molecule has 0 aliphatic carbocycles. The molecule has 0 fully saturated rings. The van der Waals surface area contributed by atoms with Gasteiger partial charge in [-0.3, -0.25) is 4.72 Å². The summed E-state index contributed by atoms with van der Waals surface area (Å²) in [5.41, 5.74) is 2.50. The lowest BCUT2D eigenvalue weighted by molar-refractivity contribution is 0.599. The van der Waals surface area contributed by atoms with Crippen molar-refractivity contribution in [2.24, 2.45) is 0 Å². The highest BCUT2D eigenvalue weighted by molar-refractivity contribution is 7.92. The normalized spacial score (nSPS) is 12.0. The third-order valence-corrected chi connectivity index (χ3v) is 5.68. The number of fused-ring (bicyclic) bond motifs is 2. The summed E-state index contributed by atoms with van der Waals surface area (Å²) in [5.74, 6) is -0.298. The highest BCUT2D eigenvalue weighted by Crippen LogP contribution is 2.28. The number of nitrogens with one attached hydrogen (secondary N) is 1.